The summed E-state index contributed by atoms with van der Waals surface area (Å²) >= 11 is 5.82. The summed E-state index contributed by atoms with van der Waals surface area (Å²) in [7, 11) is 0. The SMILES string of the molecule is CC(C)c1ccc(/C=N\OCC(=O)Nc2ccc(F)cc2Cl)cc1. The van der Waals surface area contributed by atoms with Gasteiger partial charge in [0, 0.05) is 0 Å². The van der Waals surface area contributed by atoms with Crippen molar-refractivity contribution < 1.29 is 14.0 Å². The molecule has 24 heavy (non-hydrogen) atoms. The molecular formula is C18H18ClFN2O2. The molecule has 0 aromatic heterocycles. The highest BCUT2D eigenvalue weighted by Crippen LogP contribution is 2.22. The molecule has 4 nitrogen and oxygen atoms in total. The number of amides is 1. The third-order valence-corrected chi connectivity index (χ3v) is 3.59. The van der Waals surface area contributed by atoms with Crippen molar-refractivity contribution in [2.75, 3.05) is 11.9 Å². The first-order valence-electron chi connectivity index (χ1n) is 7.46. The van der Waals surface area contributed by atoms with Gasteiger partial charge < -0.3 is 10.2 Å². The number of anilines is 1. The second-order valence-corrected chi connectivity index (χ2v) is 5.91. The number of halogens is 2. The monoisotopic (exact) mass is 348 g/mol. The molecule has 0 unspecified atom stereocenters. The number of benzene rings is 2. The highest BCUT2D eigenvalue weighted by molar-refractivity contribution is 6.33. The second kappa shape index (κ2) is 8.45. The van der Waals surface area contributed by atoms with Crippen molar-refractivity contribution in [1.29, 1.82) is 0 Å². The van der Waals surface area contributed by atoms with Crippen LogP contribution in [0.3, 0.4) is 0 Å². The Bertz CT molecular complexity index is 730. The molecule has 0 aliphatic carbocycles. The molecule has 0 aliphatic heterocycles. The number of nitrogens with zero attached hydrogens (tertiary/aromatic N) is 1. The molecule has 0 fully saturated rings. The van der Waals surface area contributed by atoms with Gasteiger partial charge in [0.1, 0.15) is 5.82 Å². The molecule has 0 aliphatic rings. The van der Waals surface area contributed by atoms with Crippen LogP contribution in [-0.2, 0) is 9.63 Å². The standard InChI is InChI=1S/C18H18ClFN2O2/c1-12(2)14-5-3-13(4-6-14)10-21-24-11-18(23)22-17-8-7-15(20)9-16(17)19/h3-10,12H,11H2,1-2H3,(H,22,23)/b21-10-. The lowest BCUT2D eigenvalue weighted by atomic mass is 10.0. The Morgan fingerprint density at radius 2 is 2.00 bits per heavy atom. The molecule has 0 saturated carbocycles. The number of carbonyl (C=O) groups is 1. The first-order valence-corrected chi connectivity index (χ1v) is 7.83. The third-order valence-electron chi connectivity index (χ3n) is 3.28. The minimum atomic E-state index is -0.470. The van der Waals surface area contributed by atoms with Crippen LogP contribution in [0.15, 0.2) is 47.6 Å². The van der Waals surface area contributed by atoms with E-state index in [1.165, 1.54) is 23.9 Å². The molecule has 0 radical (unpaired) electrons. The fraction of sp³-hybridized carbons (Fsp3) is 0.222. The summed E-state index contributed by atoms with van der Waals surface area (Å²) in [5, 5.41) is 6.40. The number of hydrogen-bond acceptors (Lipinski definition) is 3. The summed E-state index contributed by atoms with van der Waals surface area (Å²) in [6.07, 6.45) is 1.53. The molecule has 6 heteroatoms. The molecule has 126 valence electrons. The number of carbonyl (C=O) groups excluding carboxylic acids is 1. The van der Waals surface area contributed by atoms with E-state index in [-0.39, 0.29) is 11.6 Å². The lowest BCUT2D eigenvalue weighted by Crippen LogP contribution is -2.17. The van der Waals surface area contributed by atoms with Crippen LogP contribution in [-0.4, -0.2) is 18.7 Å². The molecule has 0 bridgehead atoms. The number of oxime groups is 1. The van der Waals surface area contributed by atoms with Crippen molar-refractivity contribution in [2.45, 2.75) is 19.8 Å². The molecule has 2 aromatic carbocycles. The van der Waals surface area contributed by atoms with Gasteiger partial charge in [-0.3, -0.25) is 4.79 Å². The van der Waals surface area contributed by atoms with Crippen molar-refractivity contribution in [3.63, 3.8) is 0 Å². The van der Waals surface area contributed by atoms with Gasteiger partial charge in [0.2, 0.25) is 0 Å². The summed E-state index contributed by atoms with van der Waals surface area (Å²) in [6, 6.07) is 11.6. The fourth-order valence-electron chi connectivity index (χ4n) is 1.94. The van der Waals surface area contributed by atoms with E-state index in [1.807, 2.05) is 24.3 Å². The molecule has 1 amide bonds. The average molecular weight is 349 g/mol. The van der Waals surface area contributed by atoms with Gasteiger partial charge in [-0.1, -0.05) is 54.9 Å². The maximum atomic E-state index is 12.9. The molecule has 0 saturated heterocycles. The van der Waals surface area contributed by atoms with Crippen LogP contribution >= 0.6 is 11.6 Å². The van der Waals surface area contributed by atoms with Gasteiger partial charge in [-0.15, -0.1) is 0 Å². The van der Waals surface area contributed by atoms with Crippen molar-refractivity contribution in [1.82, 2.24) is 0 Å². The van der Waals surface area contributed by atoms with Crippen LogP contribution in [0.5, 0.6) is 0 Å². The molecule has 2 rings (SSSR count). The molecule has 1 N–H and O–H groups in total. The Balaban J connectivity index is 1.81. The Morgan fingerprint density at radius 1 is 1.29 bits per heavy atom. The fourth-order valence-corrected chi connectivity index (χ4v) is 2.15. The van der Waals surface area contributed by atoms with E-state index in [1.54, 1.807) is 0 Å². The van der Waals surface area contributed by atoms with Crippen LogP contribution < -0.4 is 5.32 Å². The van der Waals surface area contributed by atoms with Gasteiger partial charge in [0.15, 0.2) is 6.61 Å². The van der Waals surface area contributed by atoms with Gasteiger partial charge in [-0.2, -0.15) is 0 Å². The first kappa shape index (κ1) is 17.9. The zero-order chi connectivity index (χ0) is 17.5. The van der Waals surface area contributed by atoms with Gasteiger partial charge in [0.25, 0.3) is 5.91 Å². The van der Waals surface area contributed by atoms with Crippen molar-refractivity contribution in [3.8, 4) is 0 Å². The smallest absolute Gasteiger partial charge is 0.265 e. The third kappa shape index (κ3) is 5.35. The minimum absolute atomic E-state index is 0.122. The highest BCUT2D eigenvalue weighted by atomic mass is 35.5. The minimum Gasteiger partial charge on any atom is -0.386 e. The van der Waals surface area contributed by atoms with Crippen molar-refractivity contribution >= 4 is 29.4 Å². The normalized spacial score (nSPS) is 11.0. The van der Waals surface area contributed by atoms with E-state index in [0.29, 0.717) is 11.6 Å². The van der Waals surface area contributed by atoms with E-state index in [9.17, 15) is 9.18 Å². The van der Waals surface area contributed by atoms with Gasteiger partial charge in [-0.05, 0) is 35.2 Å². The number of nitrogens with one attached hydrogen (secondary N) is 1. The molecule has 0 atom stereocenters. The predicted molar refractivity (Wildman–Crippen MR) is 94.1 cm³/mol. The summed E-state index contributed by atoms with van der Waals surface area (Å²) in [6.45, 7) is 3.98. The van der Waals surface area contributed by atoms with Crippen LogP contribution in [0, 0.1) is 5.82 Å². The summed E-state index contributed by atoms with van der Waals surface area (Å²) < 4.78 is 12.9. The summed E-state index contributed by atoms with van der Waals surface area (Å²) in [4.78, 5) is 16.7. The molecule has 0 heterocycles. The van der Waals surface area contributed by atoms with Crippen molar-refractivity contribution in [3.05, 3.63) is 64.4 Å². The Labute approximate surface area is 145 Å². The van der Waals surface area contributed by atoms with E-state index < -0.39 is 11.7 Å². The Morgan fingerprint density at radius 3 is 2.62 bits per heavy atom. The van der Waals surface area contributed by atoms with Crippen LogP contribution in [0.25, 0.3) is 0 Å². The second-order valence-electron chi connectivity index (χ2n) is 5.50. The van der Waals surface area contributed by atoms with E-state index in [0.717, 1.165) is 11.6 Å². The maximum Gasteiger partial charge on any atom is 0.265 e. The molecule has 0 spiro atoms. The zero-order valence-corrected chi connectivity index (χ0v) is 14.2. The molecule has 2 aromatic rings. The zero-order valence-electron chi connectivity index (χ0n) is 13.4. The van der Waals surface area contributed by atoms with Crippen LogP contribution in [0.1, 0.15) is 30.9 Å². The Kier molecular flexibility index (Phi) is 6.32. The van der Waals surface area contributed by atoms with E-state index in [2.05, 4.69) is 24.3 Å². The van der Waals surface area contributed by atoms with Crippen molar-refractivity contribution in [2.24, 2.45) is 5.16 Å². The van der Waals surface area contributed by atoms with Crippen LogP contribution in [0.4, 0.5) is 10.1 Å². The largest absolute Gasteiger partial charge is 0.386 e. The molecular weight excluding hydrogens is 331 g/mol. The first-order chi connectivity index (χ1) is 11.5. The van der Waals surface area contributed by atoms with Gasteiger partial charge >= 0.3 is 0 Å². The number of rotatable bonds is 6. The highest BCUT2D eigenvalue weighted by Gasteiger charge is 2.07. The van der Waals surface area contributed by atoms with E-state index in [4.69, 9.17) is 16.4 Å². The Hall–Kier alpha value is -2.40. The predicted octanol–water partition coefficient (Wildman–Crippen LogP) is 4.59. The number of hydrogen-bond donors (Lipinski definition) is 1. The van der Waals surface area contributed by atoms with Gasteiger partial charge in [-0.25, -0.2) is 4.39 Å². The maximum absolute atomic E-state index is 12.9. The topological polar surface area (TPSA) is 50.7 Å². The lowest BCUT2D eigenvalue weighted by Gasteiger charge is -2.06. The van der Waals surface area contributed by atoms with Crippen LogP contribution in [0.2, 0.25) is 5.02 Å². The summed E-state index contributed by atoms with van der Waals surface area (Å²) in [5.41, 5.74) is 2.44. The average Bonchev–Trinajstić information content (AvgIpc) is 2.55. The van der Waals surface area contributed by atoms with Gasteiger partial charge in [0.05, 0.1) is 16.9 Å². The quantitative estimate of drug-likeness (QED) is 0.613. The summed E-state index contributed by atoms with van der Waals surface area (Å²) in [5.74, 6) is -0.438. The van der Waals surface area contributed by atoms with E-state index >= 15 is 0 Å². The lowest BCUT2D eigenvalue weighted by molar-refractivity contribution is -0.120.